The lowest BCUT2D eigenvalue weighted by molar-refractivity contribution is -0.136. The first-order valence-electron chi connectivity index (χ1n) is 8.64. The molecule has 0 radical (unpaired) electrons. The molecule has 0 bridgehead atoms. The summed E-state index contributed by atoms with van der Waals surface area (Å²) in [5, 5.41) is 5.86. The summed E-state index contributed by atoms with van der Waals surface area (Å²) in [6.45, 7) is 1.48. The Morgan fingerprint density at radius 2 is 1.96 bits per heavy atom. The molecule has 0 saturated carbocycles. The topological polar surface area (TPSA) is 78.5 Å². The van der Waals surface area contributed by atoms with E-state index in [0.29, 0.717) is 24.6 Å². The standard InChI is InChI=1S/C18H21N3O3/c22-16-7-6-15(17(23)20-16)21-10-12-9-11(4-5-13(12)18(21)24)14-3-1-2-8-19-14/h4-5,9,14-15,19H,1-3,6-8,10H2,(H,20,22,23)/t14-,15?/m0/s1. The zero-order valence-electron chi connectivity index (χ0n) is 13.5. The molecule has 2 N–H and O–H groups in total. The van der Waals surface area contributed by atoms with E-state index in [1.165, 1.54) is 18.4 Å². The van der Waals surface area contributed by atoms with E-state index >= 15 is 0 Å². The number of rotatable bonds is 2. The van der Waals surface area contributed by atoms with Crippen molar-refractivity contribution in [1.29, 1.82) is 0 Å². The van der Waals surface area contributed by atoms with E-state index in [-0.39, 0.29) is 24.1 Å². The van der Waals surface area contributed by atoms with Crippen LogP contribution in [0.2, 0.25) is 0 Å². The zero-order valence-corrected chi connectivity index (χ0v) is 13.5. The van der Waals surface area contributed by atoms with Crippen LogP contribution in [0.3, 0.4) is 0 Å². The fraction of sp³-hybridized carbons (Fsp3) is 0.500. The Morgan fingerprint density at radius 3 is 2.71 bits per heavy atom. The Morgan fingerprint density at radius 1 is 1.08 bits per heavy atom. The Hall–Kier alpha value is -2.21. The molecule has 4 rings (SSSR count). The van der Waals surface area contributed by atoms with Crippen molar-refractivity contribution in [1.82, 2.24) is 15.5 Å². The highest BCUT2D eigenvalue weighted by atomic mass is 16.2. The van der Waals surface area contributed by atoms with E-state index in [1.54, 1.807) is 4.90 Å². The Bertz CT molecular complexity index is 709. The Balaban J connectivity index is 1.55. The van der Waals surface area contributed by atoms with E-state index in [1.807, 2.05) is 12.1 Å². The predicted molar refractivity (Wildman–Crippen MR) is 87.1 cm³/mol. The lowest BCUT2D eigenvalue weighted by atomic mass is 9.95. The molecule has 3 aliphatic rings. The van der Waals surface area contributed by atoms with Crippen LogP contribution in [-0.2, 0) is 16.1 Å². The highest BCUT2D eigenvalue weighted by molar-refractivity contribution is 6.05. The highest BCUT2D eigenvalue weighted by Crippen LogP contribution is 2.31. The molecule has 3 aliphatic heterocycles. The first kappa shape index (κ1) is 15.3. The molecule has 0 spiro atoms. The van der Waals surface area contributed by atoms with E-state index in [2.05, 4.69) is 16.7 Å². The molecule has 6 nitrogen and oxygen atoms in total. The number of fused-ring (bicyclic) bond motifs is 1. The van der Waals surface area contributed by atoms with Gasteiger partial charge in [0.1, 0.15) is 6.04 Å². The van der Waals surface area contributed by atoms with Crippen molar-refractivity contribution in [2.45, 2.75) is 50.7 Å². The maximum Gasteiger partial charge on any atom is 0.255 e. The van der Waals surface area contributed by atoms with E-state index < -0.39 is 6.04 Å². The highest BCUT2D eigenvalue weighted by Gasteiger charge is 2.39. The van der Waals surface area contributed by atoms with Crippen molar-refractivity contribution in [2.24, 2.45) is 0 Å². The van der Waals surface area contributed by atoms with Gasteiger partial charge in [0.15, 0.2) is 0 Å². The summed E-state index contributed by atoms with van der Waals surface area (Å²) >= 11 is 0. The van der Waals surface area contributed by atoms with Crippen LogP contribution >= 0.6 is 0 Å². The molecule has 3 heterocycles. The predicted octanol–water partition coefficient (Wildman–Crippen LogP) is 1.26. The van der Waals surface area contributed by atoms with E-state index in [0.717, 1.165) is 18.5 Å². The van der Waals surface area contributed by atoms with Gasteiger partial charge in [-0.1, -0.05) is 18.6 Å². The first-order chi connectivity index (χ1) is 11.6. The lowest BCUT2D eigenvalue weighted by Gasteiger charge is -2.29. The summed E-state index contributed by atoms with van der Waals surface area (Å²) in [5.74, 6) is -0.727. The lowest BCUT2D eigenvalue weighted by Crippen LogP contribution is -2.52. The molecular weight excluding hydrogens is 306 g/mol. The van der Waals surface area contributed by atoms with Crippen molar-refractivity contribution >= 4 is 17.7 Å². The minimum atomic E-state index is -0.543. The fourth-order valence-electron chi connectivity index (χ4n) is 3.95. The van der Waals surface area contributed by atoms with Gasteiger partial charge in [0, 0.05) is 24.6 Å². The van der Waals surface area contributed by atoms with Crippen LogP contribution < -0.4 is 10.6 Å². The molecule has 0 aliphatic carbocycles. The van der Waals surface area contributed by atoms with Crippen LogP contribution in [0.5, 0.6) is 0 Å². The van der Waals surface area contributed by atoms with Crippen LogP contribution in [0.1, 0.15) is 59.6 Å². The number of hydrogen-bond acceptors (Lipinski definition) is 4. The van der Waals surface area contributed by atoms with Gasteiger partial charge in [-0.15, -0.1) is 0 Å². The van der Waals surface area contributed by atoms with Gasteiger partial charge in [0.05, 0.1) is 0 Å². The average molecular weight is 327 g/mol. The number of nitrogens with zero attached hydrogens (tertiary/aromatic N) is 1. The van der Waals surface area contributed by atoms with Gasteiger partial charge >= 0.3 is 0 Å². The number of benzene rings is 1. The van der Waals surface area contributed by atoms with Gasteiger partial charge in [-0.2, -0.15) is 0 Å². The third-order valence-corrected chi connectivity index (χ3v) is 5.26. The van der Waals surface area contributed by atoms with E-state index in [4.69, 9.17) is 0 Å². The van der Waals surface area contributed by atoms with Crippen LogP contribution in [-0.4, -0.2) is 35.2 Å². The summed E-state index contributed by atoms with van der Waals surface area (Å²) in [5.41, 5.74) is 2.88. The van der Waals surface area contributed by atoms with Crippen molar-refractivity contribution < 1.29 is 14.4 Å². The average Bonchev–Trinajstić information content (AvgIpc) is 2.92. The number of carbonyl (C=O) groups excluding carboxylic acids is 3. The van der Waals surface area contributed by atoms with Gasteiger partial charge in [0.2, 0.25) is 11.8 Å². The van der Waals surface area contributed by atoms with Crippen molar-refractivity contribution in [2.75, 3.05) is 6.54 Å². The minimum absolute atomic E-state index is 0.109. The molecule has 2 fully saturated rings. The number of nitrogens with one attached hydrogen (secondary N) is 2. The maximum absolute atomic E-state index is 12.7. The smallest absolute Gasteiger partial charge is 0.255 e. The Labute approximate surface area is 140 Å². The molecule has 2 atom stereocenters. The second-order valence-electron chi connectivity index (χ2n) is 6.82. The van der Waals surface area contributed by atoms with Crippen LogP contribution in [0.15, 0.2) is 18.2 Å². The van der Waals surface area contributed by atoms with Crippen LogP contribution in [0.4, 0.5) is 0 Å². The molecular formula is C18H21N3O3. The van der Waals surface area contributed by atoms with E-state index in [9.17, 15) is 14.4 Å². The molecule has 3 amide bonds. The summed E-state index contributed by atoms with van der Waals surface area (Å²) in [7, 11) is 0. The molecule has 6 heteroatoms. The summed E-state index contributed by atoms with van der Waals surface area (Å²) in [4.78, 5) is 37.6. The number of piperidine rings is 2. The summed E-state index contributed by atoms with van der Waals surface area (Å²) in [6, 6.07) is 5.81. The monoisotopic (exact) mass is 327 g/mol. The molecule has 1 unspecified atom stereocenters. The second-order valence-corrected chi connectivity index (χ2v) is 6.82. The van der Waals surface area contributed by atoms with Crippen LogP contribution in [0.25, 0.3) is 0 Å². The molecule has 2 saturated heterocycles. The summed E-state index contributed by atoms with van der Waals surface area (Å²) in [6.07, 6.45) is 4.23. The molecule has 24 heavy (non-hydrogen) atoms. The van der Waals surface area contributed by atoms with Gasteiger partial charge < -0.3 is 10.2 Å². The molecule has 126 valence electrons. The minimum Gasteiger partial charge on any atom is -0.322 e. The largest absolute Gasteiger partial charge is 0.322 e. The molecule has 0 aromatic heterocycles. The van der Waals surface area contributed by atoms with Gasteiger partial charge in [-0.3, -0.25) is 19.7 Å². The molecule has 1 aromatic rings. The van der Waals surface area contributed by atoms with Crippen LogP contribution in [0, 0.1) is 0 Å². The van der Waals surface area contributed by atoms with Gasteiger partial charge in [-0.25, -0.2) is 0 Å². The number of amides is 3. The van der Waals surface area contributed by atoms with Crippen molar-refractivity contribution in [3.8, 4) is 0 Å². The quantitative estimate of drug-likeness (QED) is 0.802. The number of imide groups is 1. The normalized spacial score (nSPS) is 27.2. The maximum atomic E-state index is 12.7. The Kier molecular flexibility index (Phi) is 3.84. The van der Waals surface area contributed by atoms with Gasteiger partial charge in [0.25, 0.3) is 5.91 Å². The fourth-order valence-corrected chi connectivity index (χ4v) is 3.95. The third kappa shape index (κ3) is 2.60. The van der Waals surface area contributed by atoms with Crippen molar-refractivity contribution in [3.05, 3.63) is 34.9 Å². The van der Waals surface area contributed by atoms with Crippen molar-refractivity contribution in [3.63, 3.8) is 0 Å². The van der Waals surface area contributed by atoms with Gasteiger partial charge in [-0.05, 0) is 43.0 Å². The second kappa shape index (κ2) is 6.02. The SMILES string of the molecule is O=C1CCC(N2Cc3cc([C@@H]4CCCCN4)ccc3C2=O)C(=O)N1. The third-order valence-electron chi connectivity index (χ3n) is 5.26. The number of carbonyl (C=O) groups is 3. The zero-order chi connectivity index (χ0) is 16.7. The first-order valence-corrected chi connectivity index (χ1v) is 8.64. The number of hydrogen-bond donors (Lipinski definition) is 2. The summed E-state index contributed by atoms with van der Waals surface area (Å²) < 4.78 is 0. The molecule has 1 aromatic carbocycles.